The van der Waals surface area contributed by atoms with Crippen LogP contribution in [0.1, 0.15) is 49.6 Å². The van der Waals surface area contributed by atoms with E-state index >= 15 is 0 Å². The second-order valence-electron chi connectivity index (χ2n) is 8.13. The van der Waals surface area contributed by atoms with Crippen molar-refractivity contribution < 1.29 is 0 Å². The highest BCUT2D eigenvalue weighted by atomic mass is 16.1. The number of rotatable bonds is 7. The standard InChI is InChI=1S/C23H31N7O/c1-5-29(6-2)23-24-14-19-21(27-23)12-20(26-22(19)31)17-8-10-28(11-9-17)15-18-13-25-30(7-3)16(18)4/h7,12-14,17H,3,5-6,8-11,15H2,1-2,4H3,(H,26,31). The molecule has 0 aliphatic carbocycles. The summed E-state index contributed by atoms with van der Waals surface area (Å²) in [6.45, 7) is 14.6. The molecule has 1 N–H and O–H groups in total. The molecule has 0 bridgehead atoms. The maximum atomic E-state index is 12.7. The molecule has 0 radical (unpaired) electrons. The Kier molecular flexibility index (Phi) is 6.18. The third-order valence-electron chi connectivity index (χ3n) is 6.39. The molecule has 3 aromatic rings. The molecule has 0 unspecified atom stereocenters. The fraction of sp³-hybridized carbons (Fsp3) is 0.478. The van der Waals surface area contributed by atoms with Gasteiger partial charge in [0.25, 0.3) is 5.56 Å². The van der Waals surface area contributed by atoms with E-state index in [-0.39, 0.29) is 5.56 Å². The third-order valence-corrected chi connectivity index (χ3v) is 6.39. The van der Waals surface area contributed by atoms with Gasteiger partial charge in [-0.1, -0.05) is 6.58 Å². The minimum atomic E-state index is -0.103. The van der Waals surface area contributed by atoms with Crippen LogP contribution in [0.25, 0.3) is 17.1 Å². The Morgan fingerprint density at radius 3 is 2.65 bits per heavy atom. The van der Waals surface area contributed by atoms with Crippen molar-refractivity contribution in [3.8, 4) is 0 Å². The topological polar surface area (TPSA) is 82.9 Å². The molecule has 0 aromatic carbocycles. The summed E-state index contributed by atoms with van der Waals surface area (Å²) in [5.74, 6) is 1.01. The monoisotopic (exact) mass is 421 g/mol. The highest BCUT2D eigenvalue weighted by Gasteiger charge is 2.23. The van der Waals surface area contributed by atoms with Gasteiger partial charge >= 0.3 is 0 Å². The predicted octanol–water partition coefficient (Wildman–Crippen LogP) is 3.15. The number of aromatic nitrogens is 5. The zero-order valence-corrected chi connectivity index (χ0v) is 18.6. The molecule has 0 saturated carbocycles. The molecular formula is C23H31N7O. The van der Waals surface area contributed by atoms with E-state index < -0.39 is 0 Å². The lowest BCUT2D eigenvalue weighted by atomic mass is 9.92. The summed E-state index contributed by atoms with van der Waals surface area (Å²) >= 11 is 0. The minimum absolute atomic E-state index is 0.103. The summed E-state index contributed by atoms with van der Waals surface area (Å²) in [7, 11) is 0. The summed E-state index contributed by atoms with van der Waals surface area (Å²) in [5.41, 5.74) is 3.98. The van der Waals surface area contributed by atoms with Crippen molar-refractivity contribution in [2.24, 2.45) is 0 Å². The Morgan fingerprint density at radius 1 is 1.26 bits per heavy atom. The Labute approximate surface area is 182 Å². The number of anilines is 1. The first-order valence-electron chi connectivity index (χ1n) is 11.1. The molecular weight excluding hydrogens is 390 g/mol. The molecule has 0 amide bonds. The van der Waals surface area contributed by atoms with Gasteiger partial charge in [-0.3, -0.25) is 9.69 Å². The van der Waals surface area contributed by atoms with Crippen LogP contribution in [0.2, 0.25) is 0 Å². The van der Waals surface area contributed by atoms with Gasteiger partial charge in [0, 0.05) is 54.9 Å². The van der Waals surface area contributed by atoms with Crippen molar-refractivity contribution in [2.75, 3.05) is 31.1 Å². The third kappa shape index (κ3) is 4.25. The number of nitrogens with zero attached hydrogens (tertiary/aromatic N) is 6. The van der Waals surface area contributed by atoms with Crippen molar-refractivity contribution in [3.05, 3.63) is 52.3 Å². The number of hydrogen-bond acceptors (Lipinski definition) is 6. The van der Waals surface area contributed by atoms with Crippen LogP contribution in [0.4, 0.5) is 5.95 Å². The smallest absolute Gasteiger partial charge is 0.259 e. The van der Waals surface area contributed by atoms with Crippen LogP contribution in [-0.2, 0) is 6.54 Å². The van der Waals surface area contributed by atoms with E-state index in [0.29, 0.717) is 17.3 Å². The first-order chi connectivity index (χ1) is 15.0. The summed E-state index contributed by atoms with van der Waals surface area (Å²) in [4.78, 5) is 29.4. The lowest BCUT2D eigenvalue weighted by Crippen LogP contribution is -2.33. The van der Waals surface area contributed by atoms with Crippen molar-refractivity contribution in [3.63, 3.8) is 0 Å². The molecule has 1 saturated heterocycles. The van der Waals surface area contributed by atoms with E-state index in [0.717, 1.165) is 62.5 Å². The van der Waals surface area contributed by atoms with Crippen LogP contribution in [-0.4, -0.2) is 55.8 Å². The van der Waals surface area contributed by atoms with Gasteiger partial charge < -0.3 is 9.88 Å². The normalized spacial score (nSPS) is 15.5. The Morgan fingerprint density at radius 2 is 2.00 bits per heavy atom. The number of H-pyrrole nitrogens is 1. The average Bonchev–Trinajstić information content (AvgIpc) is 3.14. The SMILES string of the molecule is C=Cn1ncc(CN2CCC(c3cc4nc(N(CC)CC)ncc4c(=O)[nH]3)CC2)c1C. The molecule has 4 rings (SSSR count). The summed E-state index contributed by atoms with van der Waals surface area (Å²) < 4.78 is 1.82. The molecule has 164 valence electrons. The van der Waals surface area contributed by atoms with Crippen molar-refractivity contribution in [1.82, 2.24) is 29.6 Å². The summed E-state index contributed by atoms with van der Waals surface area (Å²) in [5, 5.41) is 4.90. The van der Waals surface area contributed by atoms with E-state index in [1.807, 2.05) is 16.9 Å². The van der Waals surface area contributed by atoms with Crippen LogP contribution < -0.4 is 10.5 Å². The first-order valence-corrected chi connectivity index (χ1v) is 11.1. The lowest BCUT2D eigenvalue weighted by Gasteiger charge is -2.31. The average molecular weight is 422 g/mol. The molecule has 8 nitrogen and oxygen atoms in total. The van der Waals surface area contributed by atoms with Crippen LogP contribution in [0, 0.1) is 6.92 Å². The Hall–Kier alpha value is -3.00. The molecule has 1 aliphatic rings. The summed E-state index contributed by atoms with van der Waals surface area (Å²) in [6.07, 6.45) is 7.31. The van der Waals surface area contributed by atoms with Gasteiger partial charge in [0.2, 0.25) is 5.95 Å². The molecule has 3 aromatic heterocycles. The van der Waals surface area contributed by atoms with Gasteiger partial charge in [-0.05, 0) is 52.8 Å². The molecule has 8 heteroatoms. The molecule has 4 heterocycles. The molecule has 1 aliphatic heterocycles. The summed E-state index contributed by atoms with van der Waals surface area (Å²) in [6, 6.07) is 2.05. The fourth-order valence-electron chi connectivity index (χ4n) is 4.37. The number of pyridine rings is 1. The van der Waals surface area contributed by atoms with Gasteiger partial charge in [0.1, 0.15) is 0 Å². The van der Waals surface area contributed by atoms with Gasteiger partial charge in [-0.2, -0.15) is 5.10 Å². The number of piperidine rings is 1. The largest absolute Gasteiger partial charge is 0.341 e. The van der Waals surface area contributed by atoms with Gasteiger partial charge in [-0.25, -0.2) is 14.6 Å². The highest BCUT2D eigenvalue weighted by Crippen LogP contribution is 2.28. The van der Waals surface area contributed by atoms with Gasteiger partial charge in [0.05, 0.1) is 17.1 Å². The van der Waals surface area contributed by atoms with E-state index in [4.69, 9.17) is 4.98 Å². The number of likely N-dealkylation sites (tertiary alicyclic amines) is 1. The molecule has 0 atom stereocenters. The Bertz CT molecular complexity index is 1120. The highest BCUT2D eigenvalue weighted by molar-refractivity contribution is 5.78. The number of fused-ring (bicyclic) bond motifs is 1. The maximum absolute atomic E-state index is 12.7. The molecule has 0 spiro atoms. The zero-order chi connectivity index (χ0) is 22.0. The first kappa shape index (κ1) is 21.2. The maximum Gasteiger partial charge on any atom is 0.259 e. The number of aromatic amines is 1. The zero-order valence-electron chi connectivity index (χ0n) is 18.6. The number of hydrogen-bond donors (Lipinski definition) is 1. The minimum Gasteiger partial charge on any atom is -0.341 e. The van der Waals surface area contributed by atoms with E-state index in [1.165, 1.54) is 5.56 Å². The second-order valence-corrected chi connectivity index (χ2v) is 8.13. The van der Waals surface area contributed by atoms with Crippen LogP contribution in [0.5, 0.6) is 0 Å². The van der Waals surface area contributed by atoms with Crippen LogP contribution in [0.15, 0.2) is 29.8 Å². The van der Waals surface area contributed by atoms with Crippen LogP contribution >= 0.6 is 0 Å². The Balaban J connectivity index is 1.49. The predicted molar refractivity (Wildman–Crippen MR) is 124 cm³/mol. The quantitative estimate of drug-likeness (QED) is 0.631. The van der Waals surface area contributed by atoms with Crippen molar-refractivity contribution in [2.45, 2.75) is 46.1 Å². The van der Waals surface area contributed by atoms with E-state index in [2.05, 4.69) is 52.2 Å². The number of nitrogens with one attached hydrogen (secondary N) is 1. The van der Waals surface area contributed by atoms with Gasteiger partial charge in [-0.15, -0.1) is 0 Å². The van der Waals surface area contributed by atoms with E-state index in [9.17, 15) is 4.79 Å². The molecule has 31 heavy (non-hydrogen) atoms. The fourth-order valence-corrected chi connectivity index (χ4v) is 4.37. The lowest BCUT2D eigenvalue weighted by molar-refractivity contribution is 0.203. The van der Waals surface area contributed by atoms with Crippen LogP contribution in [0.3, 0.4) is 0 Å². The second kappa shape index (κ2) is 9.01. The van der Waals surface area contributed by atoms with Crippen molar-refractivity contribution >= 4 is 23.1 Å². The van der Waals surface area contributed by atoms with Gasteiger partial charge in [0.15, 0.2) is 0 Å². The van der Waals surface area contributed by atoms with Crippen molar-refractivity contribution in [1.29, 1.82) is 0 Å². The molecule has 1 fully saturated rings. The van der Waals surface area contributed by atoms with E-state index in [1.54, 1.807) is 12.4 Å².